The molecular formula is C17H15N3O. The summed E-state index contributed by atoms with van der Waals surface area (Å²) in [5, 5.41) is 5.77. The Balaban J connectivity index is 1.94. The molecule has 0 bridgehead atoms. The van der Waals surface area contributed by atoms with Crippen molar-refractivity contribution in [2.45, 2.75) is 6.92 Å². The van der Waals surface area contributed by atoms with Gasteiger partial charge in [-0.15, -0.1) is 0 Å². The Morgan fingerprint density at radius 1 is 1.05 bits per heavy atom. The molecule has 0 fully saturated rings. The largest absolute Gasteiger partial charge is 0.399 e. The van der Waals surface area contributed by atoms with Crippen LogP contribution in [0.15, 0.2) is 65.3 Å². The fraction of sp³-hybridized carbons (Fsp3) is 0.0588. The van der Waals surface area contributed by atoms with E-state index < -0.39 is 0 Å². The molecule has 3 rings (SSSR count). The Hall–Kier alpha value is -2.88. The van der Waals surface area contributed by atoms with Crippen LogP contribution in [-0.4, -0.2) is 11.6 Å². The number of hydrogen-bond acceptors (Lipinski definition) is 3. The Kier molecular flexibility index (Phi) is 3.28. The monoisotopic (exact) mass is 277 g/mol. The van der Waals surface area contributed by atoms with E-state index in [1.54, 1.807) is 0 Å². The Morgan fingerprint density at radius 2 is 1.71 bits per heavy atom. The summed E-state index contributed by atoms with van der Waals surface area (Å²) in [6.07, 6.45) is 1.84. The SMILES string of the molecule is CC1=NN(c2ccccc2)C(=O)/C1=C\c1ccc(N)cc1. The zero-order valence-electron chi connectivity index (χ0n) is 11.7. The minimum atomic E-state index is -0.115. The minimum absolute atomic E-state index is 0.115. The zero-order chi connectivity index (χ0) is 14.8. The van der Waals surface area contributed by atoms with E-state index in [0.29, 0.717) is 17.0 Å². The van der Waals surface area contributed by atoms with Crippen molar-refractivity contribution in [2.75, 3.05) is 10.7 Å². The van der Waals surface area contributed by atoms with Crippen molar-refractivity contribution in [3.05, 3.63) is 65.7 Å². The molecule has 0 radical (unpaired) electrons. The van der Waals surface area contributed by atoms with Gasteiger partial charge < -0.3 is 5.73 Å². The highest BCUT2D eigenvalue weighted by Gasteiger charge is 2.28. The topological polar surface area (TPSA) is 58.7 Å². The molecule has 1 aliphatic rings. The van der Waals surface area contributed by atoms with Gasteiger partial charge in [-0.05, 0) is 42.8 Å². The van der Waals surface area contributed by atoms with Crippen LogP contribution in [0, 0.1) is 0 Å². The second kappa shape index (κ2) is 5.25. The van der Waals surface area contributed by atoms with Crippen LogP contribution in [-0.2, 0) is 4.79 Å². The molecule has 0 aromatic heterocycles. The van der Waals surface area contributed by atoms with E-state index in [-0.39, 0.29) is 5.91 Å². The molecule has 104 valence electrons. The molecule has 1 aliphatic heterocycles. The number of carbonyl (C=O) groups excluding carboxylic acids is 1. The summed E-state index contributed by atoms with van der Waals surface area (Å²) in [6, 6.07) is 16.8. The first-order chi connectivity index (χ1) is 10.1. The maximum atomic E-state index is 12.5. The van der Waals surface area contributed by atoms with Gasteiger partial charge >= 0.3 is 0 Å². The highest BCUT2D eigenvalue weighted by molar-refractivity contribution is 6.32. The van der Waals surface area contributed by atoms with E-state index in [1.165, 1.54) is 5.01 Å². The summed E-state index contributed by atoms with van der Waals surface area (Å²) in [5.41, 5.74) is 9.37. The first kappa shape index (κ1) is 13.1. The van der Waals surface area contributed by atoms with Crippen molar-refractivity contribution in [3.8, 4) is 0 Å². The van der Waals surface area contributed by atoms with Gasteiger partial charge in [0.2, 0.25) is 0 Å². The van der Waals surface area contributed by atoms with Gasteiger partial charge in [0.15, 0.2) is 0 Å². The lowest BCUT2D eigenvalue weighted by Crippen LogP contribution is -2.21. The van der Waals surface area contributed by atoms with Crippen LogP contribution in [0.5, 0.6) is 0 Å². The number of carbonyl (C=O) groups is 1. The summed E-state index contributed by atoms with van der Waals surface area (Å²) in [4.78, 5) is 12.5. The second-order valence-electron chi connectivity index (χ2n) is 4.86. The van der Waals surface area contributed by atoms with Crippen LogP contribution in [0.25, 0.3) is 6.08 Å². The van der Waals surface area contributed by atoms with Gasteiger partial charge in [-0.1, -0.05) is 30.3 Å². The lowest BCUT2D eigenvalue weighted by atomic mass is 10.1. The van der Waals surface area contributed by atoms with Crippen molar-refractivity contribution in [2.24, 2.45) is 5.10 Å². The molecule has 21 heavy (non-hydrogen) atoms. The second-order valence-corrected chi connectivity index (χ2v) is 4.86. The number of nitrogen functional groups attached to an aromatic ring is 1. The van der Waals surface area contributed by atoms with Crippen LogP contribution in [0.1, 0.15) is 12.5 Å². The number of rotatable bonds is 2. The summed E-state index contributed by atoms with van der Waals surface area (Å²) in [5.74, 6) is -0.115. The number of para-hydroxylation sites is 1. The fourth-order valence-electron chi connectivity index (χ4n) is 2.19. The maximum Gasteiger partial charge on any atom is 0.280 e. The van der Waals surface area contributed by atoms with E-state index in [0.717, 1.165) is 11.3 Å². The van der Waals surface area contributed by atoms with Crippen LogP contribution in [0.2, 0.25) is 0 Å². The first-order valence-corrected chi connectivity index (χ1v) is 6.67. The van der Waals surface area contributed by atoms with Crippen molar-refractivity contribution >= 4 is 29.1 Å². The number of nitrogens with zero attached hydrogens (tertiary/aromatic N) is 2. The van der Waals surface area contributed by atoms with Crippen molar-refractivity contribution in [3.63, 3.8) is 0 Å². The third kappa shape index (κ3) is 2.56. The first-order valence-electron chi connectivity index (χ1n) is 6.67. The fourth-order valence-corrected chi connectivity index (χ4v) is 2.19. The third-order valence-corrected chi connectivity index (χ3v) is 3.31. The van der Waals surface area contributed by atoms with E-state index in [2.05, 4.69) is 5.10 Å². The van der Waals surface area contributed by atoms with Crippen LogP contribution < -0.4 is 10.7 Å². The number of benzene rings is 2. The lowest BCUT2D eigenvalue weighted by Gasteiger charge is -2.11. The van der Waals surface area contributed by atoms with Gasteiger partial charge in [-0.25, -0.2) is 0 Å². The van der Waals surface area contributed by atoms with Crippen LogP contribution in [0.3, 0.4) is 0 Å². The van der Waals surface area contributed by atoms with Gasteiger partial charge in [0.1, 0.15) is 0 Å². The van der Waals surface area contributed by atoms with E-state index in [4.69, 9.17) is 5.73 Å². The number of hydrazone groups is 1. The predicted molar refractivity (Wildman–Crippen MR) is 85.9 cm³/mol. The quantitative estimate of drug-likeness (QED) is 0.677. The Morgan fingerprint density at radius 3 is 2.38 bits per heavy atom. The summed E-state index contributed by atoms with van der Waals surface area (Å²) >= 11 is 0. The highest BCUT2D eigenvalue weighted by Crippen LogP contribution is 2.24. The molecule has 4 nitrogen and oxygen atoms in total. The molecule has 0 aliphatic carbocycles. The van der Waals surface area contributed by atoms with Crippen LogP contribution >= 0.6 is 0 Å². The standard InChI is InChI=1S/C17H15N3O/c1-12-16(11-13-7-9-14(18)10-8-13)17(21)20(19-12)15-5-3-2-4-6-15/h2-11H,18H2,1H3/b16-11-. The van der Waals surface area contributed by atoms with Crippen molar-refractivity contribution in [1.82, 2.24) is 0 Å². The zero-order valence-corrected chi connectivity index (χ0v) is 11.7. The van der Waals surface area contributed by atoms with Gasteiger partial charge in [-0.2, -0.15) is 10.1 Å². The summed E-state index contributed by atoms with van der Waals surface area (Å²) in [6.45, 7) is 1.84. The lowest BCUT2D eigenvalue weighted by molar-refractivity contribution is -0.114. The van der Waals surface area contributed by atoms with Gasteiger partial charge in [-0.3, -0.25) is 4.79 Å². The van der Waals surface area contributed by atoms with Crippen LogP contribution in [0.4, 0.5) is 11.4 Å². The van der Waals surface area contributed by atoms with Crippen molar-refractivity contribution < 1.29 is 4.79 Å². The molecule has 0 saturated carbocycles. The Bertz CT molecular complexity index is 730. The molecule has 0 unspecified atom stereocenters. The average Bonchev–Trinajstić information content (AvgIpc) is 2.78. The van der Waals surface area contributed by atoms with Crippen molar-refractivity contribution in [1.29, 1.82) is 0 Å². The molecule has 0 spiro atoms. The number of nitrogens with two attached hydrogens (primary N) is 1. The molecule has 0 saturated heterocycles. The average molecular weight is 277 g/mol. The molecule has 2 aromatic rings. The Labute approximate surface area is 123 Å². The summed E-state index contributed by atoms with van der Waals surface area (Å²) in [7, 11) is 0. The minimum Gasteiger partial charge on any atom is -0.399 e. The molecule has 2 N–H and O–H groups in total. The predicted octanol–water partition coefficient (Wildman–Crippen LogP) is 3.07. The van der Waals surface area contributed by atoms with E-state index in [1.807, 2.05) is 67.6 Å². The molecule has 0 atom stereocenters. The number of anilines is 2. The number of hydrogen-bond donors (Lipinski definition) is 1. The third-order valence-electron chi connectivity index (χ3n) is 3.31. The molecule has 2 aromatic carbocycles. The van der Waals surface area contributed by atoms with Gasteiger partial charge in [0, 0.05) is 5.69 Å². The highest BCUT2D eigenvalue weighted by atomic mass is 16.2. The molecule has 4 heteroatoms. The van der Waals surface area contributed by atoms with Gasteiger partial charge in [0.25, 0.3) is 5.91 Å². The maximum absolute atomic E-state index is 12.5. The smallest absolute Gasteiger partial charge is 0.280 e. The normalized spacial score (nSPS) is 16.4. The van der Waals surface area contributed by atoms with E-state index >= 15 is 0 Å². The summed E-state index contributed by atoms with van der Waals surface area (Å²) < 4.78 is 0. The van der Waals surface area contributed by atoms with E-state index in [9.17, 15) is 4.79 Å². The molecule has 1 amide bonds. The molecule has 1 heterocycles. The van der Waals surface area contributed by atoms with Gasteiger partial charge in [0.05, 0.1) is 17.0 Å². The molecular weight excluding hydrogens is 262 g/mol. The number of amides is 1.